The van der Waals surface area contributed by atoms with Crippen molar-refractivity contribution in [2.75, 3.05) is 0 Å². The third kappa shape index (κ3) is 3.40. The quantitative estimate of drug-likeness (QED) is 0.551. The lowest BCUT2D eigenvalue weighted by molar-refractivity contribution is 0.149. The Hall–Kier alpha value is -0.300. The molecule has 0 saturated heterocycles. The Morgan fingerprint density at radius 3 is 2.58 bits per heavy atom. The lowest BCUT2D eigenvalue weighted by Crippen LogP contribution is -2.14. The van der Waals surface area contributed by atoms with Crippen LogP contribution in [0.5, 0.6) is 0 Å². The van der Waals surface area contributed by atoms with E-state index >= 15 is 0 Å². The fourth-order valence-electron chi connectivity index (χ4n) is 1.81. The molecule has 1 aliphatic rings. The smallest absolute Gasteiger partial charge is 0.0577 e. The Morgan fingerprint density at radius 2 is 2.08 bits per heavy atom. The number of aliphatic hydroxyl groups excluding tert-OH is 1. The van der Waals surface area contributed by atoms with E-state index in [4.69, 9.17) is 0 Å². The SMILES string of the molecule is CC(C)(C)/C=C1/CCC[C@@H](O)C1. The van der Waals surface area contributed by atoms with Crippen molar-refractivity contribution in [2.24, 2.45) is 5.41 Å². The monoisotopic (exact) mass is 168 g/mol. The average Bonchev–Trinajstić information content (AvgIpc) is 1.82. The van der Waals surface area contributed by atoms with Crippen LogP contribution in [0, 0.1) is 5.41 Å². The van der Waals surface area contributed by atoms with Gasteiger partial charge in [-0.2, -0.15) is 0 Å². The van der Waals surface area contributed by atoms with Gasteiger partial charge >= 0.3 is 0 Å². The summed E-state index contributed by atoms with van der Waals surface area (Å²) in [5, 5.41) is 9.44. The van der Waals surface area contributed by atoms with Gasteiger partial charge in [0.15, 0.2) is 0 Å². The maximum absolute atomic E-state index is 9.44. The molecule has 1 N–H and O–H groups in total. The molecular weight excluding hydrogens is 148 g/mol. The second-order valence-electron chi connectivity index (χ2n) is 4.92. The molecule has 1 rings (SSSR count). The molecule has 0 aromatic carbocycles. The molecule has 0 bridgehead atoms. The van der Waals surface area contributed by atoms with Gasteiger partial charge in [0.2, 0.25) is 0 Å². The first-order valence-electron chi connectivity index (χ1n) is 4.86. The third-order valence-electron chi connectivity index (χ3n) is 2.17. The van der Waals surface area contributed by atoms with E-state index < -0.39 is 0 Å². The lowest BCUT2D eigenvalue weighted by atomic mass is 9.86. The Labute approximate surface area is 75.5 Å². The average molecular weight is 168 g/mol. The van der Waals surface area contributed by atoms with Crippen LogP contribution < -0.4 is 0 Å². The van der Waals surface area contributed by atoms with Crippen LogP contribution in [0.25, 0.3) is 0 Å². The van der Waals surface area contributed by atoms with Crippen molar-refractivity contribution in [3.05, 3.63) is 11.6 Å². The molecule has 0 spiro atoms. The standard InChI is InChI=1S/C11H20O/c1-11(2,3)8-9-5-4-6-10(12)7-9/h8,10,12H,4-7H2,1-3H3/b9-8-/t10-/m1/s1. The summed E-state index contributed by atoms with van der Waals surface area (Å²) >= 11 is 0. The Balaban J connectivity index is 2.56. The van der Waals surface area contributed by atoms with Crippen LogP contribution in [0.15, 0.2) is 11.6 Å². The van der Waals surface area contributed by atoms with Gasteiger partial charge in [-0.05, 0) is 31.1 Å². The van der Waals surface area contributed by atoms with E-state index in [1.807, 2.05) is 0 Å². The van der Waals surface area contributed by atoms with Gasteiger partial charge in [0.1, 0.15) is 0 Å². The van der Waals surface area contributed by atoms with Crippen LogP contribution in [-0.4, -0.2) is 11.2 Å². The van der Waals surface area contributed by atoms with Crippen molar-refractivity contribution < 1.29 is 5.11 Å². The number of rotatable bonds is 0. The second kappa shape index (κ2) is 3.61. The van der Waals surface area contributed by atoms with Crippen LogP contribution in [0.3, 0.4) is 0 Å². The van der Waals surface area contributed by atoms with E-state index in [2.05, 4.69) is 26.8 Å². The van der Waals surface area contributed by atoms with Gasteiger partial charge in [-0.1, -0.05) is 32.4 Å². The van der Waals surface area contributed by atoms with Gasteiger partial charge in [0.25, 0.3) is 0 Å². The molecule has 0 radical (unpaired) electrons. The summed E-state index contributed by atoms with van der Waals surface area (Å²) in [6, 6.07) is 0. The zero-order valence-corrected chi connectivity index (χ0v) is 8.43. The molecule has 1 nitrogen and oxygen atoms in total. The molecule has 0 aromatic heterocycles. The predicted octanol–water partition coefficient (Wildman–Crippen LogP) is 2.89. The molecule has 0 aromatic rings. The summed E-state index contributed by atoms with van der Waals surface area (Å²) in [4.78, 5) is 0. The molecule has 0 amide bonds. The van der Waals surface area contributed by atoms with E-state index in [0.29, 0.717) is 0 Å². The minimum atomic E-state index is -0.0765. The van der Waals surface area contributed by atoms with Gasteiger partial charge in [-0.25, -0.2) is 0 Å². The highest BCUT2D eigenvalue weighted by Crippen LogP contribution is 2.28. The zero-order valence-electron chi connectivity index (χ0n) is 8.43. The minimum Gasteiger partial charge on any atom is -0.393 e. The molecule has 0 unspecified atom stereocenters. The highest BCUT2D eigenvalue weighted by atomic mass is 16.3. The van der Waals surface area contributed by atoms with Crippen LogP contribution in [0.1, 0.15) is 46.5 Å². The maximum Gasteiger partial charge on any atom is 0.0577 e. The zero-order chi connectivity index (χ0) is 9.19. The van der Waals surface area contributed by atoms with Crippen LogP contribution >= 0.6 is 0 Å². The Bertz CT molecular complexity index is 174. The van der Waals surface area contributed by atoms with Crippen LogP contribution in [-0.2, 0) is 0 Å². The summed E-state index contributed by atoms with van der Waals surface area (Å²) < 4.78 is 0. The highest BCUT2D eigenvalue weighted by molar-refractivity contribution is 5.10. The topological polar surface area (TPSA) is 20.2 Å². The van der Waals surface area contributed by atoms with Gasteiger partial charge in [0.05, 0.1) is 6.10 Å². The largest absolute Gasteiger partial charge is 0.393 e. The molecule has 1 atom stereocenters. The molecule has 12 heavy (non-hydrogen) atoms. The van der Waals surface area contributed by atoms with Crippen molar-refractivity contribution in [1.29, 1.82) is 0 Å². The van der Waals surface area contributed by atoms with E-state index in [1.165, 1.54) is 12.0 Å². The molecule has 1 fully saturated rings. The normalized spacial score (nSPS) is 29.3. The van der Waals surface area contributed by atoms with Crippen molar-refractivity contribution >= 4 is 0 Å². The second-order valence-corrected chi connectivity index (χ2v) is 4.92. The summed E-state index contributed by atoms with van der Waals surface area (Å²) in [6.07, 6.45) is 6.47. The van der Waals surface area contributed by atoms with Crippen molar-refractivity contribution in [1.82, 2.24) is 0 Å². The first-order chi connectivity index (χ1) is 5.47. The van der Waals surface area contributed by atoms with Crippen molar-refractivity contribution in [3.8, 4) is 0 Å². The van der Waals surface area contributed by atoms with E-state index in [1.54, 1.807) is 0 Å². The van der Waals surface area contributed by atoms with Crippen LogP contribution in [0.4, 0.5) is 0 Å². The molecule has 1 aliphatic carbocycles. The van der Waals surface area contributed by atoms with Crippen molar-refractivity contribution in [2.45, 2.75) is 52.6 Å². The lowest BCUT2D eigenvalue weighted by Gasteiger charge is -2.23. The molecule has 70 valence electrons. The van der Waals surface area contributed by atoms with Gasteiger partial charge in [-0.3, -0.25) is 0 Å². The van der Waals surface area contributed by atoms with E-state index in [9.17, 15) is 5.11 Å². The molecule has 0 aliphatic heterocycles. The summed E-state index contributed by atoms with van der Waals surface area (Å²) in [5.41, 5.74) is 1.72. The third-order valence-corrected chi connectivity index (χ3v) is 2.17. The molecule has 0 heterocycles. The Morgan fingerprint density at radius 1 is 1.42 bits per heavy atom. The number of hydrogen-bond donors (Lipinski definition) is 1. The number of aliphatic hydroxyl groups is 1. The van der Waals surface area contributed by atoms with Gasteiger partial charge in [-0.15, -0.1) is 0 Å². The summed E-state index contributed by atoms with van der Waals surface area (Å²) in [7, 11) is 0. The van der Waals surface area contributed by atoms with Crippen LogP contribution in [0.2, 0.25) is 0 Å². The van der Waals surface area contributed by atoms with Crippen molar-refractivity contribution in [3.63, 3.8) is 0 Å². The highest BCUT2D eigenvalue weighted by Gasteiger charge is 2.16. The summed E-state index contributed by atoms with van der Waals surface area (Å²) in [5.74, 6) is 0. The predicted molar refractivity (Wildman–Crippen MR) is 52.0 cm³/mol. The Kier molecular flexibility index (Phi) is 2.94. The van der Waals surface area contributed by atoms with E-state index in [0.717, 1.165) is 19.3 Å². The molecule has 1 heteroatoms. The van der Waals surface area contributed by atoms with E-state index in [-0.39, 0.29) is 11.5 Å². The first kappa shape index (κ1) is 9.79. The van der Waals surface area contributed by atoms with Gasteiger partial charge < -0.3 is 5.11 Å². The molecular formula is C11H20O. The number of allylic oxidation sites excluding steroid dienone is 1. The summed E-state index contributed by atoms with van der Waals surface area (Å²) in [6.45, 7) is 6.63. The number of hydrogen-bond acceptors (Lipinski definition) is 1. The minimum absolute atomic E-state index is 0.0765. The fraction of sp³-hybridized carbons (Fsp3) is 0.818. The maximum atomic E-state index is 9.44. The van der Waals surface area contributed by atoms with Gasteiger partial charge in [0, 0.05) is 0 Å². The first-order valence-corrected chi connectivity index (χ1v) is 4.86. The molecule has 1 saturated carbocycles. The fourth-order valence-corrected chi connectivity index (χ4v) is 1.81.